The van der Waals surface area contributed by atoms with Crippen molar-refractivity contribution in [3.8, 4) is 0 Å². The van der Waals surface area contributed by atoms with Gasteiger partial charge in [-0.3, -0.25) is 9.55 Å². The molecule has 3 aromatic heterocycles. The largest absolute Gasteiger partial charge is 0.479 e. The molecule has 1 fully saturated rings. The molecule has 1 aliphatic rings. The Hall–Kier alpha value is -3.18. The van der Waals surface area contributed by atoms with Crippen LogP contribution in [0, 0.1) is 0 Å². The van der Waals surface area contributed by atoms with Crippen LogP contribution in [0.3, 0.4) is 0 Å². The molecule has 4 rings (SSSR count). The molecule has 4 heterocycles. The fourth-order valence-electron chi connectivity index (χ4n) is 3.79. The third-order valence-electron chi connectivity index (χ3n) is 5.76. The van der Waals surface area contributed by atoms with Crippen molar-refractivity contribution in [2.45, 2.75) is 42.8 Å². The topological polar surface area (TPSA) is 179 Å². The highest BCUT2D eigenvalue weighted by Gasteiger charge is 2.48. The van der Waals surface area contributed by atoms with E-state index in [0.717, 1.165) is 23.2 Å². The van der Waals surface area contributed by atoms with Crippen molar-refractivity contribution in [3.63, 3.8) is 0 Å². The third-order valence-corrected chi connectivity index (χ3v) is 5.93. The minimum absolute atomic E-state index is 0.0117. The van der Waals surface area contributed by atoms with Crippen LogP contribution in [0.1, 0.15) is 17.5 Å². The van der Waals surface area contributed by atoms with E-state index in [-0.39, 0.29) is 27.8 Å². The van der Waals surface area contributed by atoms with Crippen LogP contribution < -0.4 is 5.73 Å². The van der Waals surface area contributed by atoms with Crippen LogP contribution in [-0.4, -0.2) is 83.0 Å². The molecule has 37 heavy (non-hydrogen) atoms. The average Bonchev–Trinajstić information content (AvgIpc) is 3.37. The smallest absolute Gasteiger partial charge is 0.433 e. The second-order valence-electron chi connectivity index (χ2n) is 8.20. The zero-order valence-corrected chi connectivity index (χ0v) is 19.3. The van der Waals surface area contributed by atoms with E-state index < -0.39 is 67.7 Å². The standard InChI is InChI=1S/C20H19ClF4N6O6/c21-18-29-14(26)12-15(30-18)31(7-28-12)16-11(22)13(33)9(37-16)5-36-19(6-32,17(34)35)3-8-1-2-10(27-4-8)20(23,24)25/h1-2,4,7,9,11,13,16,32-33H,3,5-6H2,(H,34,35)(H2,26,29,30)/t9-,11+,13-,16-,19?/m1/s1. The van der Waals surface area contributed by atoms with Gasteiger partial charge in [-0.25, -0.2) is 14.2 Å². The predicted octanol–water partition coefficient (Wildman–Crippen LogP) is 1.15. The lowest BCUT2D eigenvalue weighted by atomic mass is 9.95. The van der Waals surface area contributed by atoms with E-state index in [1.807, 2.05) is 0 Å². The van der Waals surface area contributed by atoms with E-state index in [1.54, 1.807) is 0 Å². The van der Waals surface area contributed by atoms with Gasteiger partial charge < -0.3 is 30.5 Å². The quantitative estimate of drug-likeness (QED) is 0.233. The highest BCUT2D eigenvalue weighted by Crippen LogP contribution is 2.35. The number of carboxylic acids is 1. The summed E-state index contributed by atoms with van der Waals surface area (Å²) in [5, 5.41) is 29.7. The number of aliphatic carboxylic acids is 1. The monoisotopic (exact) mass is 550 g/mol. The molecule has 0 spiro atoms. The van der Waals surface area contributed by atoms with Gasteiger partial charge in [0.05, 0.1) is 19.5 Å². The second kappa shape index (κ2) is 9.94. The molecule has 0 bridgehead atoms. The van der Waals surface area contributed by atoms with Gasteiger partial charge in [0.1, 0.15) is 23.4 Å². The fourth-order valence-corrected chi connectivity index (χ4v) is 3.96. The van der Waals surface area contributed by atoms with Gasteiger partial charge in [-0.2, -0.15) is 23.1 Å². The van der Waals surface area contributed by atoms with Crippen molar-refractivity contribution in [3.05, 3.63) is 41.2 Å². The van der Waals surface area contributed by atoms with Gasteiger partial charge in [0, 0.05) is 12.6 Å². The van der Waals surface area contributed by atoms with E-state index in [2.05, 4.69) is 19.9 Å². The number of hydrogen-bond donors (Lipinski definition) is 4. The summed E-state index contributed by atoms with van der Waals surface area (Å²) in [5.41, 5.74) is 2.32. The number of fused-ring (bicyclic) bond motifs is 1. The predicted molar refractivity (Wildman–Crippen MR) is 116 cm³/mol. The number of rotatable bonds is 8. The number of ether oxygens (including phenoxy) is 2. The Bertz CT molecular complexity index is 1290. The summed E-state index contributed by atoms with van der Waals surface area (Å²) >= 11 is 5.81. The maximum Gasteiger partial charge on any atom is 0.433 e. The first-order chi connectivity index (χ1) is 17.4. The first-order valence-corrected chi connectivity index (χ1v) is 10.9. The van der Waals surface area contributed by atoms with Crippen molar-refractivity contribution in [2.24, 2.45) is 0 Å². The minimum Gasteiger partial charge on any atom is -0.479 e. The van der Waals surface area contributed by atoms with Crippen molar-refractivity contribution in [1.29, 1.82) is 0 Å². The normalized spacial score (nSPS) is 23.9. The lowest BCUT2D eigenvalue weighted by Gasteiger charge is -2.29. The van der Waals surface area contributed by atoms with Crippen LogP contribution >= 0.6 is 11.6 Å². The number of hydrogen-bond acceptors (Lipinski definition) is 10. The number of nitrogen functional groups attached to an aromatic ring is 1. The van der Waals surface area contributed by atoms with Gasteiger partial charge in [-0.1, -0.05) is 6.07 Å². The number of pyridine rings is 1. The molecule has 0 aliphatic carbocycles. The molecule has 5 N–H and O–H groups in total. The van der Waals surface area contributed by atoms with E-state index in [9.17, 15) is 33.3 Å². The molecule has 3 aromatic rings. The molecule has 17 heteroatoms. The molecule has 1 unspecified atom stereocenters. The molecule has 1 aliphatic heterocycles. The molecule has 5 atom stereocenters. The van der Waals surface area contributed by atoms with Crippen LogP contribution in [0.4, 0.5) is 23.4 Å². The number of aliphatic hydroxyl groups excluding tert-OH is 2. The number of halogens is 5. The highest BCUT2D eigenvalue weighted by atomic mass is 35.5. The molecule has 200 valence electrons. The Labute approximate surface area is 209 Å². The molecule has 0 saturated carbocycles. The van der Waals surface area contributed by atoms with Crippen LogP contribution in [-0.2, 0) is 26.9 Å². The minimum atomic E-state index is -4.70. The van der Waals surface area contributed by atoms with Gasteiger partial charge in [0.2, 0.25) is 5.28 Å². The van der Waals surface area contributed by atoms with Gasteiger partial charge in [-0.05, 0) is 23.2 Å². The maximum atomic E-state index is 15.0. The summed E-state index contributed by atoms with van der Waals surface area (Å²) in [6.45, 7) is -1.81. The molecule has 0 amide bonds. The first-order valence-electron chi connectivity index (χ1n) is 10.5. The molecular formula is C20H19ClF4N6O6. The van der Waals surface area contributed by atoms with E-state index >= 15 is 4.39 Å². The summed E-state index contributed by atoms with van der Waals surface area (Å²) in [6.07, 6.45) is -10.1. The van der Waals surface area contributed by atoms with Crippen molar-refractivity contribution in [2.75, 3.05) is 18.9 Å². The van der Waals surface area contributed by atoms with Crippen molar-refractivity contribution >= 4 is 34.6 Å². The zero-order chi connectivity index (χ0) is 27.1. The lowest BCUT2D eigenvalue weighted by molar-refractivity contribution is -0.180. The van der Waals surface area contributed by atoms with Crippen molar-refractivity contribution in [1.82, 2.24) is 24.5 Å². The number of aromatic nitrogens is 5. The number of carbonyl (C=O) groups is 1. The molecule has 0 aromatic carbocycles. The number of carboxylic acid groups (broad SMARTS) is 1. The third kappa shape index (κ3) is 5.15. The summed E-state index contributed by atoms with van der Waals surface area (Å²) in [5.74, 6) is -1.73. The Morgan fingerprint density at radius 3 is 2.59 bits per heavy atom. The number of imidazole rings is 1. The summed E-state index contributed by atoms with van der Waals surface area (Å²) in [6, 6.07) is 1.64. The van der Waals surface area contributed by atoms with Gasteiger partial charge in [0.15, 0.2) is 29.5 Å². The summed E-state index contributed by atoms with van der Waals surface area (Å²) in [4.78, 5) is 26.9. The van der Waals surface area contributed by atoms with E-state index in [0.29, 0.717) is 6.07 Å². The molecule has 12 nitrogen and oxygen atoms in total. The SMILES string of the molecule is Nc1nc(Cl)nc2c1ncn2[C@@H]1O[C@H](COC(CO)(Cc2ccc(C(F)(F)F)nc2)C(=O)O)[C@@H](O)[C@@H]1F. The van der Waals surface area contributed by atoms with E-state index in [4.69, 9.17) is 26.8 Å². The highest BCUT2D eigenvalue weighted by molar-refractivity contribution is 6.28. The summed E-state index contributed by atoms with van der Waals surface area (Å²) in [7, 11) is 0. The first kappa shape index (κ1) is 26.9. The lowest BCUT2D eigenvalue weighted by Crippen LogP contribution is -2.49. The Morgan fingerprint density at radius 2 is 2.00 bits per heavy atom. The second-order valence-corrected chi connectivity index (χ2v) is 8.53. The number of alkyl halides is 4. The summed E-state index contributed by atoms with van der Waals surface area (Å²) < 4.78 is 65.4. The Morgan fingerprint density at radius 1 is 1.27 bits per heavy atom. The number of anilines is 1. The van der Waals surface area contributed by atoms with Gasteiger partial charge in [0.25, 0.3) is 0 Å². The Balaban J connectivity index is 1.52. The average molecular weight is 551 g/mol. The maximum absolute atomic E-state index is 15.0. The molecule has 0 radical (unpaired) electrons. The fraction of sp³-hybridized carbons (Fsp3) is 0.450. The van der Waals surface area contributed by atoms with Crippen LogP contribution in [0.25, 0.3) is 11.2 Å². The van der Waals surface area contributed by atoms with Gasteiger partial charge in [-0.15, -0.1) is 0 Å². The number of nitrogens with two attached hydrogens (primary N) is 1. The van der Waals surface area contributed by atoms with Gasteiger partial charge >= 0.3 is 12.1 Å². The van der Waals surface area contributed by atoms with Crippen molar-refractivity contribution < 1.29 is 47.1 Å². The van der Waals surface area contributed by atoms with Crippen LogP contribution in [0.2, 0.25) is 5.28 Å². The van der Waals surface area contributed by atoms with E-state index in [1.165, 1.54) is 0 Å². The zero-order valence-electron chi connectivity index (χ0n) is 18.5. The molecular weight excluding hydrogens is 532 g/mol. The Kier molecular flexibility index (Phi) is 7.22. The number of nitrogens with zero attached hydrogens (tertiary/aromatic N) is 5. The number of aliphatic hydroxyl groups is 2. The van der Waals surface area contributed by atoms with Crippen LogP contribution in [0.15, 0.2) is 24.7 Å². The van der Waals surface area contributed by atoms with Crippen LogP contribution in [0.5, 0.6) is 0 Å². The molecule has 1 saturated heterocycles.